The maximum Gasteiger partial charge on any atom is 0.149 e. The predicted molar refractivity (Wildman–Crippen MR) is 115 cm³/mol. The van der Waals surface area contributed by atoms with E-state index in [0.717, 1.165) is 32.4 Å². The molecular weight excluding hydrogens is 396 g/mol. The largest absolute Gasteiger partial charge is 0.369 e. The minimum Gasteiger partial charge on any atom is -0.369 e. The molecule has 2 atom stereocenters. The van der Waals surface area contributed by atoms with Gasteiger partial charge in [-0.05, 0) is 44.7 Å². The molecule has 0 saturated carbocycles. The molecule has 1 unspecified atom stereocenters. The minimum atomic E-state index is -3.01. The van der Waals surface area contributed by atoms with E-state index in [-0.39, 0.29) is 17.9 Å². The molecule has 1 saturated heterocycles. The lowest BCUT2D eigenvalue weighted by Gasteiger charge is -2.47. The van der Waals surface area contributed by atoms with Crippen molar-refractivity contribution in [2.24, 2.45) is 15.9 Å². The summed E-state index contributed by atoms with van der Waals surface area (Å²) in [5, 5.41) is 3.84. The van der Waals surface area contributed by atoms with Crippen molar-refractivity contribution in [2.45, 2.75) is 44.8 Å². The van der Waals surface area contributed by atoms with Crippen LogP contribution in [0.5, 0.6) is 0 Å². The van der Waals surface area contributed by atoms with Gasteiger partial charge < -0.3 is 10.6 Å². The third-order valence-electron chi connectivity index (χ3n) is 5.51. The number of nitrogens with zero attached hydrogens (tertiary/aromatic N) is 3. The Balaban J connectivity index is 1.62. The molecule has 0 bridgehead atoms. The van der Waals surface area contributed by atoms with Crippen molar-refractivity contribution in [2.75, 3.05) is 38.2 Å². The Morgan fingerprint density at radius 3 is 3.00 bits per heavy atom. The van der Waals surface area contributed by atoms with Crippen molar-refractivity contribution in [3.05, 3.63) is 21.4 Å². The average molecular weight is 427 g/mol. The van der Waals surface area contributed by atoms with Gasteiger partial charge in [0.1, 0.15) is 15.4 Å². The van der Waals surface area contributed by atoms with E-state index in [9.17, 15) is 8.42 Å². The number of hydrogen-bond acceptors (Lipinski definition) is 8. The molecule has 2 aliphatic rings. The van der Waals surface area contributed by atoms with Gasteiger partial charge in [0.15, 0.2) is 0 Å². The summed E-state index contributed by atoms with van der Waals surface area (Å²) in [5.41, 5.74) is 1.96. The summed E-state index contributed by atoms with van der Waals surface area (Å²) in [4.78, 5) is 9.28. The van der Waals surface area contributed by atoms with Gasteiger partial charge in [-0.25, -0.2) is 8.42 Å². The Kier molecular flexibility index (Phi) is 6.58. The quantitative estimate of drug-likeness (QED) is 0.424. The number of likely N-dealkylation sites (tertiary alicyclic amines) is 1. The second kappa shape index (κ2) is 8.61. The molecule has 28 heavy (non-hydrogen) atoms. The number of aryl methyl sites for hydroxylation is 1. The van der Waals surface area contributed by atoms with Crippen LogP contribution in [0.25, 0.3) is 0 Å². The summed E-state index contributed by atoms with van der Waals surface area (Å²) in [6.45, 7) is 6.90. The van der Waals surface area contributed by atoms with Gasteiger partial charge in [0, 0.05) is 41.4 Å². The molecule has 0 radical (unpaired) electrons. The van der Waals surface area contributed by atoms with E-state index < -0.39 is 9.84 Å². The number of piperidine rings is 1. The number of nitrogens with two attached hydrogens (primary N) is 1. The molecule has 7 nitrogen and oxygen atoms in total. The van der Waals surface area contributed by atoms with Crippen LogP contribution in [0.4, 0.5) is 0 Å². The number of ether oxygens (including phenoxy) is 1. The Hall–Kier alpha value is -1.29. The smallest absolute Gasteiger partial charge is 0.149 e. The van der Waals surface area contributed by atoms with Gasteiger partial charge in [-0.3, -0.25) is 9.89 Å². The zero-order valence-electron chi connectivity index (χ0n) is 16.8. The highest BCUT2D eigenvalue weighted by Crippen LogP contribution is 2.46. The fraction of sp³-hybridized carbons (Fsp3) is 0.684. The normalized spacial score (nSPS) is 26.8. The number of aliphatic imine (C=N–C) groups is 1. The van der Waals surface area contributed by atoms with Gasteiger partial charge in [0.05, 0.1) is 24.6 Å². The zero-order valence-corrected chi connectivity index (χ0v) is 18.5. The molecule has 1 fully saturated rings. The third kappa shape index (κ3) is 5.00. The van der Waals surface area contributed by atoms with E-state index in [4.69, 9.17) is 10.6 Å². The summed E-state index contributed by atoms with van der Waals surface area (Å²) < 4.78 is 28.7. The molecule has 2 N–H and O–H groups in total. The molecule has 156 valence electrons. The van der Waals surface area contributed by atoms with E-state index in [1.54, 1.807) is 6.21 Å². The van der Waals surface area contributed by atoms with Crippen LogP contribution in [0.2, 0.25) is 0 Å². The van der Waals surface area contributed by atoms with Crippen LogP contribution in [0, 0.1) is 6.92 Å². The topological polar surface area (TPSA) is 97.4 Å². The lowest BCUT2D eigenvalue weighted by Crippen LogP contribution is -2.51. The number of thiophene rings is 1. The van der Waals surface area contributed by atoms with Gasteiger partial charge in [0.2, 0.25) is 0 Å². The Morgan fingerprint density at radius 1 is 1.54 bits per heavy atom. The summed E-state index contributed by atoms with van der Waals surface area (Å²) >= 11 is 1.88. The van der Waals surface area contributed by atoms with Crippen molar-refractivity contribution >= 4 is 33.1 Å². The molecule has 3 heterocycles. The van der Waals surface area contributed by atoms with E-state index in [1.807, 2.05) is 11.3 Å². The summed E-state index contributed by atoms with van der Waals surface area (Å²) in [6.07, 6.45) is 5.71. The second-order valence-corrected chi connectivity index (χ2v) is 11.4. The SMILES string of the molecule is Cc1cc2c(s1)C1(CCN(C/C(C=NCCS(C)(=O)=O)=N/N)[C@@H](C)C1)OCC2. The molecule has 0 aliphatic carbocycles. The lowest BCUT2D eigenvalue weighted by atomic mass is 9.82. The minimum absolute atomic E-state index is 0.0316. The standard InChI is InChI=1S/C19H30N4O3S2/c1-14-11-19(18-16(4-8-26-19)10-15(2)27-18)5-7-23(14)13-17(22-20)12-21-6-9-28(3,24)25/h10,12,14H,4-9,11,13,20H2,1-3H3/b21-12?,22-17+/t14-,19?/m0/s1. The molecule has 9 heteroatoms. The Morgan fingerprint density at radius 2 is 2.32 bits per heavy atom. The van der Waals surface area contributed by atoms with Gasteiger partial charge in [-0.1, -0.05) is 0 Å². The fourth-order valence-electron chi connectivity index (χ4n) is 4.10. The van der Waals surface area contributed by atoms with Crippen molar-refractivity contribution in [1.29, 1.82) is 0 Å². The molecule has 0 amide bonds. The van der Waals surface area contributed by atoms with Gasteiger partial charge in [0.25, 0.3) is 0 Å². The van der Waals surface area contributed by atoms with Crippen LogP contribution in [-0.4, -0.2) is 69.5 Å². The summed E-state index contributed by atoms with van der Waals surface area (Å²) in [6, 6.07) is 2.64. The van der Waals surface area contributed by atoms with Crippen LogP contribution in [0.1, 0.15) is 35.1 Å². The number of hydrazone groups is 1. The molecule has 3 rings (SSSR count). The molecule has 1 aromatic heterocycles. The Labute approximate surface area is 171 Å². The van der Waals surface area contributed by atoms with Crippen LogP contribution in [0.3, 0.4) is 0 Å². The van der Waals surface area contributed by atoms with E-state index in [0.29, 0.717) is 18.3 Å². The highest BCUT2D eigenvalue weighted by atomic mass is 32.2. The first-order valence-corrected chi connectivity index (χ1v) is 12.5. The van der Waals surface area contributed by atoms with Crippen molar-refractivity contribution < 1.29 is 13.2 Å². The average Bonchev–Trinajstić information content (AvgIpc) is 3.01. The van der Waals surface area contributed by atoms with Crippen LogP contribution < -0.4 is 5.84 Å². The highest BCUT2D eigenvalue weighted by molar-refractivity contribution is 7.90. The van der Waals surface area contributed by atoms with E-state index in [1.165, 1.54) is 21.6 Å². The first kappa shape index (κ1) is 21.4. The second-order valence-electron chi connectivity index (χ2n) is 7.86. The number of rotatable bonds is 6. The van der Waals surface area contributed by atoms with Gasteiger partial charge in [-0.2, -0.15) is 5.10 Å². The van der Waals surface area contributed by atoms with Crippen molar-refractivity contribution in [1.82, 2.24) is 4.90 Å². The molecular formula is C19H30N4O3S2. The van der Waals surface area contributed by atoms with Gasteiger partial charge >= 0.3 is 0 Å². The van der Waals surface area contributed by atoms with Gasteiger partial charge in [-0.15, -0.1) is 11.3 Å². The van der Waals surface area contributed by atoms with Crippen LogP contribution in [0.15, 0.2) is 16.2 Å². The lowest BCUT2D eigenvalue weighted by molar-refractivity contribution is -0.106. The zero-order chi connectivity index (χ0) is 20.4. The van der Waals surface area contributed by atoms with E-state index >= 15 is 0 Å². The predicted octanol–water partition coefficient (Wildman–Crippen LogP) is 1.74. The van der Waals surface area contributed by atoms with Crippen molar-refractivity contribution in [3.8, 4) is 0 Å². The molecule has 1 spiro atoms. The third-order valence-corrected chi connectivity index (χ3v) is 7.71. The molecule has 0 aromatic carbocycles. The van der Waals surface area contributed by atoms with Crippen molar-refractivity contribution in [3.63, 3.8) is 0 Å². The summed E-state index contributed by atoms with van der Waals surface area (Å²) in [5.74, 6) is 5.57. The number of hydrogen-bond donors (Lipinski definition) is 1. The monoisotopic (exact) mass is 426 g/mol. The maximum atomic E-state index is 11.2. The first-order chi connectivity index (χ1) is 13.2. The van der Waals surface area contributed by atoms with Crippen LogP contribution in [-0.2, 0) is 26.6 Å². The first-order valence-electron chi connectivity index (χ1n) is 9.64. The number of fused-ring (bicyclic) bond motifs is 2. The molecule has 1 aromatic rings. The number of sulfone groups is 1. The Bertz CT molecular complexity index is 863. The molecule has 2 aliphatic heterocycles. The highest BCUT2D eigenvalue weighted by Gasteiger charge is 2.44. The van der Waals surface area contributed by atoms with Crippen LogP contribution >= 0.6 is 11.3 Å². The summed E-state index contributed by atoms with van der Waals surface area (Å²) in [7, 11) is -3.01. The fourth-order valence-corrected chi connectivity index (χ4v) is 5.78. The van der Waals surface area contributed by atoms with E-state index in [2.05, 4.69) is 34.9 Å². The maximum absolute atomic E-state index is 11.2.